The first-order chi connectivity index (χ1) is 8.06. The Kier molecular flexibility index (Phi) is 3.14. The smallest absolute Gasteiger partial charge is 0.254 e. The fourth-order valence-electron chi connectivity index (χ4n) is 2.03. The zero-order chi connectivity index (χ0) is 12.4. The van der Waals surface area contributed by atoms with Crippen LogP contribution in [0.3, 0.4) is 0 Å². The van der Waals surface area contributed by atoms with E-state index >= 15 is 0 Å². The normalized spacial score (nSPS) is 20.3. The lowest BCUT2D eigenvalue weighted by Gasteiger charge is -2.30. The molecule has 4 N–H and O–H groups in total. The Morgan fingerprint density at radius 3 is 2.94 bits per heavy atom. The van der Waals surface area contributed by atoms with Crippen LogP contribution in [-0.4, -0.2) is 40.0 Å². The maximum Gasteiger partial charge on any atom is 0.254 e. The lowest BCUT2D eigenvalue weighted by atomic mass is 10.1. The predicted octanol–water partition coefficient (Wildman–Crippen LogP) is -0.356. The summed E-state index contributed by atoms with van der Waals surface area (Å²) in [7, 11) is 0. The van der Waals surface area contributed by atoms with Crippen LogP contribution in [-0.2, 0) is 0 Å². The van der Waals surface area contributed by atoms with Crippen LogP contribution in [0.1, 0.15) is 23.2 Å². The van der Waals surface area contributed by atoms with Crippen LogP contribution in [0.15, 0.2) is 16.9 Å². The molecule has 0 aromatic carbocycles. The van der Waals surface area contributed by atoms with Crippen molar-refractivity contribution in [1.29, 1.82) is 0 Å². The number of H-pyrrole nitrogens is 1. The maximum atomic E-state index is 12.1. The predicted molar refractivity (Wildman–Crippen MR) is 61.8 cm³/mol. The van der Waals surface area contributed by atoms with Gasteiger partial charge in [0.05, 0.1) is 5.56 Å². The molecule has 0 radical (unpaired) electrons. The highest BCUT2D eigenvalue weighted by Gasteiger charge is 2.22. The molecule has 17 heavy (non-hydrogen) atoms. The van der Waals surface area contributed by atoms with E-state index < -0.39 is 5.56 Å². The van der Waals surface area contributed by atoms with E-state index in [-0.39, 0.29) is 23.4 Å². The number of hydrogen-bond donors (Lipinski definition) is 3. The van der Waals surface area contributed by atoms with Crippen LogP contribution in [0.25, 0.3) is 0 Å². The zero-order valence-corrected chi connectivity index (χ0v) is 9.35. The molecule has 0 saturated carbocycles. The third kappa shape index (κ3) is 2.65. The second-order valence-electron chi connectivity index (χ2n) is 4.27. The highest BCUT2D eigenvalue weighted by atomic mass is 16.3. The molecule has 0 bridgehead atoms. The van der Waals surface area contributed by atoms with Gasteiger partial charge in [-0.1, -0.05) is 0 Å². The number of nitrogens with one attached hydrogen (secondary N) is 1. The number of hydrogen-bond acceptors (Lipinski definition) is 4. The summed E-state index contributed by atoms with van der Waals surface area (Å²) >= 11 is 0. The number of nitrogens with zero attached hydrogens (tertiary/aromatic N) is 1. The van der Waals surface area contributed by atoms with E-state index in [0.717, 1.165) is 12.8 Å². The van der Waals surface area contributed by atoms with Crippen LogP contribution in [0.4, 0.5) is 0 Å². The average molecular weight is 237 g/mol. The average Bonchev–Trinajstić information content (AvgIpc) is 2.26. The van der Waals surface area contributed by atoms with Crippen molar-refractivity contribution < 1.29 is 9.90 Å². The number of carbonyl (C=O) groups excluding carboxylic acids is 1. The van der Waals surface area contributed by atoms with Crippen molar-refractivity contribution in [1.82, 2.24) is 9.88 Å². The molecule has 1 unspecified atom stereocenters. The molecule has 1 aliphatic rings. The topological polar surface area (TPSA) is 99.4 Å². The Labute approximate surface area is 98.1 Å². The molecule has 6 nitrogen and oxygen atoms in total. The molecule has 6 heteroatoms. The molecule has 1 fully saturated rings. The Balaban J connectivity index is 2.21. The van der Waals surface area contributed by atoms with Gasteiger partial charge in [-0.05, 0) is 12.8 Å². The summed E-state index contributed by atoms with van der Waals surface area (Å²) < 4.78 is 0. The number of likely N-dealkylation sites (tertiary alicyclic amines) is 1. The van der Waals surface area contributed by atoms with E-state index in [1.54, 1.807) is 4.90 Å². The molecule has 1 aromatic rings. The molecule has 2 heterocycles. The largest absolute Gasteiger partial charge is 0.494 e. The monoisotopic (exact) mass is 237 g/mol. The summed E-state index contributed by atoms with van der Waals surface area (Å²) in [5.41, 5.74) is 5.49. The van der Waals surface area contributed by atoms with Crippen LogP contribution in [0.2, 0.25) is 0 Å². The van der Waals surface area contributed by atoms with Crippen LogP contribution in [0.5, 0.6) is 5.88 Å². The summed E-state index contributed by atoms with van der Waals surface area (Å²) in [6.45, 7) is 1.13. The van der Waals surface area contributed by atoms with Crippen molar-refractivity contribution in [3.05, 3.63) is 28.0 Å². The minimum atomic E-state index is -0.491. The van der Waals surface area contributed by atoms with Crippen LogP contribution >= 0.6 is 0 Å². The first-order valence-electron chi connectivity index (χ1n) is 5.54. The van der Waals surface area contributed by atoms with Crippen molar-refractivity contribution in [2.24, 2.45) is 5.73 Å². The number of carbonyl (C=O) groups is 1. The molecular formula is C11H15N3O3. The Hall–Kier alpha value is -1.82. The van der Waals surface area contributed by atoms with Crippen molar-refractivity contribution in [3.8, 4) is 5.88 Å². The first-order valence-corrected chi connectivity index (χ1v) is 5.54. The van der Waals surface area contributed by atoms with Crippen LogP contribution in [0, 0.1) is 0 Å². The number of rotatable bonds is 1. The molecule has 1 aromatic heterocycles. The number of aromatic nitrogens is 1. The standard InChI is InChI=1S/C11H15N3O3/c12-8-2-1-3-14(6-8)11(17)7-4-9(15)13-10(16)5-7/h4-5,8H,1-3,6,12H2,(H2,13,15,16). The van der Waals surface area contributed by atoms with Gasteiger partial charge in [0, 0.05) is 31.3 Å². The molecule has 1 amide bonds. The van der Waals surface area contributed by atoms with Gasteiger partial charge in [0.2, 0.25) is 0 Å². The maximum absolute atomic E-state index is 12.1. The minimum Gasteiger partial charge on any atom is -0.494 e. The second kappa shape index (κ2) is 4.58. The summed E-state index contributed by atoms with van der Waals surface area (Å²) in [6.07, 6.45) is 1.77. The van der Waals surface area contributed by atoms with Crippen molar-refractivity contribution >= 4 is 5.91 Å². The molecule has 0 aliphatic carbocycles. The SMILES string of the molecule is NC1CCCN(C(=O)c2cc(O)[nH]c(=O)c2)C1. The number of piperidine rings is 1. The molecule has 2 rings (SSSR count). The van der Waals surface area contributed by atoms with E-state index in [0.29, 0.717) is 13.1 Å². The highest BCUT2D eigenvalue weighted by Crippen LogP contribution is 2.13. The second-order valence-corrected chi connectivity index (χ2v) is 4.27. The van der Waals surface area contributed by atoms with Crippen molar-refractivity contribution in [3.63, 3.8) is 0 Å². The fourth-order valence-corrected chi connectivity index (χ4v) is 2.03. The minimum absolute atomic E-state index is 0.0108. The van der Waals surface area contributed by atoms with Gasteiger partial charge in [0.25, 0.3) is 11.5 Å². The number of aromatic hydroxyl groups is 1. The Morgan fingerprint density at radius 2 is 2.29 bits per heavy atom. The van der Waals surface area contributed by atoms with Gasteiger partial charge in [-0.3, -0.25) is 14.6 Å². The van der Waals surface area contributed by atoms with Gasteiger partial charge in [0.15, 0.2) is 5.88 Å². The highest BCUT2D eigenvalue weighted by molar-refractivity contribution is 5.94. The molecule has 0 spiro atoms. The van der Waals surface area contributed by atoms with Gasteiger partial charge in [0.1, 0.15) is 0 Å². The van der Waals surface area contributed by atoms with E-state index in [4.69, 9.17) is 5.73 Å². The number of nitrogens with two attached hydrogens (primary N) is 1. The van der Waals surface area contributed by atoms with E-state index in [2.05, 4.69) is 4.98 Å². The van der Waals surface area contributed by atoms with Gasteiger partial charge in [-0.15, -0.1) is 0 Å². The summed E-state index contributed by atoms with van der Waals surface area (Å²) in [6, 6.07) is 2.43. The quantitative estimate of drug-likeness (QED) is 0.621. The van der Waals surface area contributed by atoms with Gasteiger partial charge in [-0.25, -0.2) is 0 Å². The third-order valence-electron chi connectivity index (χ3n) is 2.82. The molecule has 1 atom stereocenters. The number of aromatic amines is 1. The van der Waals surface area contributed by atoms with Crippen LogP contribution < -0.4 is 11.3 Å². The van der Waals surface area contributed by atoms with Gasteiger partial charge in [-0.2, -0.15) is 0 Å². The molecule has 1 aliphatic heterocycles. The van der Waals surface area contributed by atoms with Crippen molar-refractivity contribution in [2.75, 3.05) is 13.1 Å². The fraction of sp³-hybridized carbons (Fsp3) is 0.455. The molecule has 1 saturated heterocycles. The summed E-state index contributed by atoms with van der Waals surface area (Å²) in [5.74, 6) is -0.566. The van der Waals surface area contributed by atoms with E-state index in [9.17, 15) is 14.7 Å². The Morgan fingerprint density at radius 1 is 1.53 bits per heavy atom. The van der Waals surface area contributed by atoms with E-state index in [1.807, 2.05) is 0 Å². The van der Waals surface area contributed by atoms with E-state index in [1.165, 1.54) is 12.1 Å². The lowest BCUT2D eigenvalue weighted by molar-refractivity contribution is 0.0708. The van der Waals surface area contributed by atoms with Crippen molar-refractivity contribution in [2.45, 2.75) is 18.9 Å². The van der Waals surface area contributed by atoms with Gasteiger partial charge >= 0.3 is 0 Å². The molecular weight excluding hydrogens is 222 g/mol. The summed E-state index contributed by atoms with van der Waals surface area (Å²) in [5, 5.41) is 9.24. The summed E-state index contributed by atoms with van der Waals surface area (Å²) in [4.78, 5) is 27.0. The Bertz CT molecular complexity index is 483. The number of pyridine rings is 1. The molecule has 92 valence electrons. The zero-order valence-electron chi connectivity index (χ0n) is 9.35. The third-order valence-corrected chi connectivity index (χ3v) is 2.82. The first kappa shape index (κ1) is 11.7. The van der Waals surface area contributed by atoms with Gasteiger partial charge < -0.3 is 15.7 Å². The number of amides is 1. The lowest BCUT2D eigenvalue weighted by Crippen LogP contribution is -2.45.